The van der Waals surface area contributed by atoms with Crippen molar-refractivity contribution in [3.63, 3.8) is 0 Å². The molecule has 0 saturated carbocycles. The zero-order chi connectivity index (χ0) is 9.68. The first-order valence-corrected chi connectivity index (χ1v) is 5.16. The molecule has 1 rings (SSSR count). The van der Waals surface area contributed by atoms with Crippen molar-refractivity contribution in [1.82, 2.24) is 4.98 Å². The number of hydrogen-bond donors (Lipinski definition) is 0. The van der Waals surface area contributed by atoms with Crippen molar-refractivity contribution < 1.29 is 4.92 Å². The summed E-state index contributed by atoms with van der Waals surface area (Å²) in [6.45, 7) is 2.03. The van der Waals surface area contributed by atoms with E-state index in [1.54, 1.807) is 11.6 Å². The molecule has 0 aromatic carbocycles. The van der Waals surface area contributed by atoms with E-state index in [0.29, 0.717) is 11.4 Å². The molecule has 1 aromatic heterocycles. The molecular weight excluding hydrogens is 188 g/mol. The first kappa shape index (κ1) is 10.1. The summed E-state index contributed by atoms with van der Waals surface area (Å²) in [5.74, 6) is 0. The lowest BCUT2D eigenvalue weighted by atomic mass is 10.1. The Morgan fingerprint density at radius 2 is 2.54 bits per heavy atom. The van der Waals surface area contributed by atoms with E-state index in [2.05, 4.69) is 4.98 Å². The summed E-state index contributed by atoms with van der Waals surface area (Å²) in [6, 6.07) is -0.597. The number of unbranched alkanes of at least 4 members (excludes halogenated alkanes) is 1. The van der Waals surface area contributed by atoms with Crippen LogP contribution in [0.5, 0.6) is 0 Å². The lowest BCUT2D eigenvalue weighted by Crippen LogP contribution is -2.09. The highest BCUT2D eigenvalue weighted by molar-refractivity contribution is 7.09. The van der Waals surface area contributed by atoms with Crippen molar-refractivity contribution in [3.05, 3.63) is 26.7 Å². The van der Waals surface area contributed by atoms with Crippen molar-refractivity contribution >= 4 is 11.3 Å². The summed E-state index contributed by atoms with van der Waals surface area (Å²) in [6.07, 6.45) is 4.07. The van der Waals surface area contributed by atoms with E-state index in [1.807, 2.05) is 6.92 Å². The number of nitro groups is 1. The van der Waals surface area contributed by atoms with Gasteiger partial charge in [0.2, 0.25) is 0 Å². The molecular formula is C8H12N2O2S. The van der Waals surface area contributed by atoms with Gasteiger partial charge in [0.05, 0.1) is 0 Å². The van der Waals surface area contributed by atoms with Gasteiger partial charge >= 0.3 is 0 Å². The molecule has 1 atom stereocenters. The van der Waals surface area contributed by atoms with Crippen LogP contribution in [0.25, 0.3) is 0 Å². The molecule has 0 N–H and O–H groups in total. The Kier molecular flexibility index (Phi) is 3.82. The Morgan fingerprint density at radius 3 is 3.00 bits per heavy atom. The molecule has 5 heteroatoms. The SMILES string of the molecule is CCCCC(c1nccs1)[N+](=O)[O-]. The Balaban J connectivity index is 2.63. The maximum absolute atomic E-state index is 10.7. The standard InChI is InChI=1S/C8H12N2O2S/c1-2-3-4-7(10(11)12)8-9-5-6-13-8/h5-7H,2-4H2,1H3. The van der Waals surface area contributed by atoms with Crippen LogP contribution in [0, 0.1) is 10.1 Å². The van der Waals surface area contributed by atoms with E-state index in [4.69, 9.17) is 0 Å². The van der Waals surface area contributed by atoms with E-state index in [1.165, 1.54) is 11.3 Å². The van der Waals surface area contributed by atoms with Crippen LogP contribution in [0.3, 0.4) is 0 Å². The highest BCUT2D eigenvalue weighted by atomic mass is 32.1. The lowest BCUT2D eigenvalue weighted by molar-refractivity contribution is -0.530. The van der Waals surface area contributed by atoms with E-state index in [0.717, 1.165) is 12.8 Å². The Bertz CT molecular complexity index is 261. The van der Waals surface area contributed by atoms with Gasteiger partial charge in [-0.2, -0.15) is 0 Å². The molecule has 0 aliphatic heterocycles. The summed E-state index contributed by atoms with van der Waals surface area (Å²) in [5, 5.41) is 13.1. The molecule has 1 unspecified atom stereocenters. The fraction of sp³-hybridized carbons (Fsp3) is 0.625. The van der Waals surface area contributed by atoms with E-state index >= 15 is 0 Å². The van der Waals surface area contributed by atoms with Gasteiger partial charge in [-0.25, -0.2) is 4.98 Å². The third kappa shape index (κ3) is 2.77. The van der Waals surface area contributed by atoms with Gasteiger partial charge in [-0.1, -0.05) is 13.3 Å². The largest absolute Gasteiger partial charge is 0.264 e. The minimum atomic E-state index is -0.597. The van der Waals surface area contributed by atoms with Crippen LogP contribution in [0.1, 0.15) is 37.2 Å². The Hall–Kier alpha value is -0.970. The molecule has 13 heavy (non-hydrogen) atoms. The fourth-order valence-electron chi connectivity index (χ4n) is 1.12. The zero-order valence-electron chi connectivity index (χ0n) is 7.47. The van der Waals surface area contributed by atoms with Crippen LogP contribution >= 0.6 is 11.3 Å². The van der Waals surface area contributed by atoms with Crippen LogP contribution in [-0.4, -0.2) is 9.91 Å². The Morgan fingerprint density at radius 1 is 1.77 bits per heavy atom. The molecule has 0 radical (unpaired) electrons. The molecule has 0 amide bonds. The topological polar surface area (TPSA) is 56.0 Å². The van der Waals surface area contributed by atoms with Gasteiger partial charge < -0.3 is 0 Å². The first-order chi connectivity index (χ1) is 6.25. The second kappa shape index (κ2) is 4.91. The third-order valence-electron chi connectivity index (χ3n) is 1.82. The van der Waals surface area contributed by atoms with Crippen molar-refractivity contribution in [2.24, 2.45) is 0 Å². The van der Waals surface area contributed by atoms with Crippen LogP contribution in [0.4, 0.5) is 0 Å². The van der Waals surface area contributed by atoms with E-state index in [-0.39, 0.29) is 4.92 Å². The van der Waals surface area contributed by atoms with Crippen molar-refractivity contribution in [2.75, 3.05) is 0 Å². The molecule has 1 aromatic rings. The smallest absolute Gasteiger partial charge is 0.263 e. The van der Waals surface area contributed by atoms with Crippen LogP contribution in [-0.2, 0) is 0 Å². The quantitative estimate of drug-likeness (QED) is 0.542. The minimum Gasteiger partial charge on any atom is -0.264 e. The van der Waals surface area contributed by atoms with E-state index < -0.39 is 6.04 Å². The summed E-state index contributed by atoms with van der Waals surface area (Å²) in [4.78, 5) is 14.4. The first-order valence-electron chi connectivity index (χ1n) is 4.28. The lowest BCUT2D eigenvalue weighted by Gasteiger charge is -2.04. The number of hydrogen-bond acceptors (Lipinski definition) is 4. The van der Waals surface area contributed by atoms with Gasteiger partial charge in [0.15, 0.2) is 5.01 Å². The number of nitrogens with zero attached hydrogens (tertiary/aromatic N) is 2. The number of rotatable bonds is 5. The predicted molar refractivity (Wildman–Crippen MR) is 51.4 cm³/mol. The highest BCUT2D eigenvalue weighted by Gasteiger charge is 2.24. The highest BCUT2D eigenvalue weighted by Crippen LogP contribution is 2.24. The maximum Gasteiger partial charge on any atom is 0.263 e. The molecule has 0 fully saturated rings. The second-order valence-electron chi connectivity index (χ2n) is 2.81. The maximum atomic E-state index is 10.7. The molecule has 1 heterocycles. The number of thiazole rings is 1. The summed E-state index contributed by atoms with van der Waals surface area (Å²) >= 11 is 1.36. The molecule has 0 bridgehead atoms. The van der Waals surface area contributed by atoms with Crippen LogP contribution < -0.4 is 0 Å². The molecule has 4 nitrogen and oxygen atoms in total. The normalized spacial score (nSPS) is 12.7. The predicted octanol–water partition coefficient (Wildman–Crippen LogP) is 2.65. The van der Waals surface area contributed by atoms with Gasteiger partial charge in [-0.3, -0.25) is 10.1 Å². The molecule has 0 aliphatic rings. The molecule has 0 aliphatic carbocycles. The average molecular weight is 200 g/mol. The molecule has 0 saturated heterocycles. The fourth-order valence-corrected chi connectivity index (χ4v) is 1.86. The minimum absolute atomic E-state index is 0.242. The van der Waals surface area contributed by atoms with E-state index in [9.17, 15) is 10.1 Å². The Labute approximate surface area is 80.8 Å². The summed E-state index contributed by atoms with van der Waals surface area (Å²) in [5.41, 5.74) is 0. The van der Waals surface area contributed by atoms with Gasteiger partial charge in [-0.15, -0.1) is 11.3 Å². The zero-order valence-corrected chi connectivity index (χ0v) is 8.29. The van der Waals surface area contributed by atoms with Gasteiger partial charge in [-0.05, 0) is 6.42 Å². The van der Waals surface area contributed by atoms with Gasteiger partial charge in [0.25, 0.3) is 6.04 Å². The van der Waals surface area contributed by atoms with Crippen LogP contribution in [0.15, 0.2) is 11.6 Å². The number of aromatic nitrogens is 1. The summed E-state index contributed by atoms with van der Waals surface area (Å²) in [7, 11) is 0. The molecule has 72 valence electrons. The van der Waals surface area contributed by atoms with Crippen molar-refractivity contribution in [1.29, 1.82) is 0 Å². The average Bonchev–Trinajstić information content (AvgIpc) is 2.57. The van der Waals surface area contributed by atoms with Gasteiger partial charge in [0, 0.05) is 22.9 Å². The second-order valence-corrected chi connectivity index (χ2v) is 3.74. The third-order valence-corrected chi connectivity index (χ3v) is 2.70. The van der Waals surface area contributed by atoms with Crippen molar-refractivity contribution in [3.8, 4) is 0 Å². The van der Waals surface area contributed by atoms with Crippen molar-refractivity contribution in [2.45, 2.75) is 32.2 Å². The van der Waals surface area contributed by atoms with Gasteiger partial charge in [0.1, 0.15) is 0 Å². The van der Waals surface area contributed by atoms with Crippen LogP contribution in [0.2, 0.25) is 0 Å². The monoisotopic (exact) mass is 200 g/mol. The summed E-state index contributed by atoms with van der Waals surface area (Å²) < 4.78 is 0. The molecule has 0 spiro atoms.